The minimum Gasteiger partial charge on any atom is -0.330 e. The van der Waals surface area contributed by atoms with Gasteiger partial charge in [-0.15, -0.1) is 0 Å². The first-order chi connectivity index (χ1) is 6.15. The molecular weight excluding hydrogens is 249 g/mol. The van der Waals surface area contributed by atoms with Crippen molar-refractivity contribution in [3.8, 4) is 0 Å². The van der Waals surface area contributed by atoms with Crippen LogP contribution in [0.1, 0.15) is 12.0 Å². The van der Waals surface area contributed by atoms with Crippen molar-refractivity contribution in [1.29, 1.82) is 0 Å². The Kier molecular flexibility index (Phi) is 3.97. The van der Waals surface area contributed by atoms with Crippen LogP contribution in [-0.4, -0.2) is 6.54 Å². The molecule has 0 fully saturated rings. The van der Waals surface area contributed by atoms with Crippen LogP contribution in [0.15, 0.2) is 29.3 Å². The molecule has 0 radical (unpaired) electrons. The average molecular weight is 261 g/mol. The Hall–Kier alpha value is -0.310. The Morgan fingerprint density at radius 1 is 1.54 bits per heavy atom. The van der Waals surface area contributed by atoms with Crippen molar-refractivity contribution < 1.29 is 0 Å². The van der Waals surface area contributed by atoms with E-state index in [2.05, 4.69) is 22.5 Å². The zero-order valence-electron chi connectivity index (χ0n) is 7.19. The summed E-state index contributed by atoms with van der Waals surface area (Å²) in [5.41, 5.74) is 7.56. The standard InChI is InChI=1S/C10H11BrClN/c1-7(4-5-13)8-2-3-10(12)9(11)6-8/h2-3,6H,1,4-5,13H2. The van der Waals surface area contributed by atoms with Gasteiger partial charge in [0.1, 0.15) is 0 Å². The van der Waals surface area contributed by atoms with Crippen molar-refractivity contribution in [2.24, 2.45) is 5.73 Å². The summed E-state index contributed by atoms with van der Waals surface area (Å²) in [5.74, 6) is 0. The SMILES string of the molecule is C=C(CCN)c1ccc(Cl)c(Br)c1. The van der Waals surface area contributed by atoms with Gasteiger partial charge in [0.25, 0.3) is 0 Å². The summed E-state index contributed by atoms with van der Waals surface area (Å²) in [5, 5.41) is 0.712. The van der Waals surface area contributed by atoms with Gasteiger partial charge in [-0.1, -0.05) is 24.2 Å². The van der Waals surface area contributed by atoms with Crippen LogP contribution in [0, 0.1) is 0 Å². The van der Waals surface area contributed by atoms with E-state index in [-0.39, 0.29) is 0 Å². The second-order valence-electron chi connectivity index (χ2n) is 2.77. The number of benzene rings is 1. The van der Waals surface area contributed by atoms with Crippen LogP contribution in [0.3, 0.4) is 0 Å². The zero-order valence-corrected chi connectivity index (χ0v) is 9.53. The lowest BCUT2D eigenvalue weighted by atomic mass is 10.1. The summed E-state index contributed by atoms with van der Waals surface area (Å²) < 4.78 is 0.893. The van der Waals surface area contributed by atoms with Gasteiger partial charge in [-0.25, -0.2) is 0 Å². The Labute approximate surface area is 91.7 Å². The Bertz CT molecular complexity index is 323. The van der Waals surface area contributed by atoms with E-state index in [0.717, 1.165) is 22.0 Å². The van der Waals surface area contributed by atoms with Crippen molar-refractivity contribution in [2.45, 2.75) is 6.42 Å². The van der Waals surface area contributed by atoms with E-state index in [4.69, 9.17) is 17.3 Å². The van der Waals surface area contributed by atoms with Crippen LogP contribution < -0.4 is 5.73 Å². The Morgan fingerprint density at radius 2 is 2.23 bits per heavy atom. The fourth-order valence-electron chi connectivity index (χ4n) is 1.03. The number of rotatable bonds is 3. The fourth-order valence-corrected chi connectivity index (χ4v) is 1.53. The van der Waals surface area contributed by atoms with Gasteiger partial charge in [0.2, 0.25) is 0 Å². The molecule has 0 heterocycles. The Morgan fingerprint density at radius 3 is 2.77 bits per heavy atom. The van der Waals surface area contributed by atoms with E-state index in [1.54, 1.807) is 0 Å². The first-order valence-corrected chi connectivity index (χ1v) is 5.15. The largest absolute Gasteiger partial charge is 0.330 e. The van der Waals surface area contributed by atoms with Crippen molar-refractivity contribution in [1.82, 2.24) is 0 Å². The molecule has 2 N–H and O–H groups in total. The highest BCUT2D eigenvalue weighted by Gasteiger charge is 2.01. The molecule has 0 aliphatic rings. The molecule has 0 unspecified atom stereocenters. The summed E-state index contributed by atoms with van der Waals surface area (Å²) in [6.45, 7) is 4.57. The number of nitrogens with two attached hydrogens (primary N) is 1. The molecule has 1 aromatic carbocycles. The summed E-state index contributed by atoms with van der Waals surface area (Å²) in [6, 6.07) is 5.76. The van der Waals surface area contributed by atoms with Crippen molar-refractivity contribution in [3.63, 3.8) is 0 Å². The van der Waals surface area contributed by atoms with Crippen molar-refractivity contribution >= 4 is 33.1 Å². The number of hydrogen-bond donors (Lipinski definition) is 1. The summed E-state index contributed by atoms with van der Waals surface area (Å²) in [4.78, 5) is 0. The minimum atomic E-state index is 0.624. The molecular formula is C10H11BrClN. The molecule has 0 aliphatic carbocycles. The van der Waals surface area contributed by atoms with Crippen molar-refractivity contribution in [2.75, 3.05) is 6.54 Å². The molecule has 0 saturated carbocycles. The average Bonchev–Trinajstić information content (AvgIpc) is 2.10. The molecule has 1 aromatic rings. The fraction of sp³-hybridized carbons (Fsp3) is 0.200. The normalized spacial score (nSPS) is 10.1. The molecule has 1 rings (SSSR count). The van der Waals surface area contributed by atoms with E-state index in [0.29, 0.717) is 11.6 Å². The second-order valence-corrected chi connectivity index (χ2v) is 4.03. The maximum atomic E-state index is 5.86. The van der Waals surface area contributed by atoms with E-state index in [9.17, 15) is 0 Å². The minimum absolute atomic E-state index is 0.624. The maximum Gasteiger partial charge on any atom is 0.0548 e. The number of hydrogen-bond acceptors (Lipinski definition) is 1. The van der Waals surface area contributed by atoms with Gasteiger partial charge in [-0.05, 0) is 52.2 Å². The van der Waals surface area contributed by atoms with Gasteiger partial charge in [0, 0.05) is 4.47 Å². The van der Waals surface area contributed by atoms with E-state index in [1.807, 2.05) is 18.2 Å². The third-order valence-electron chi connectivity index (χ3n) is 1.77. The Balaban J connectivity index is 2.90. The second kappa shape index (κ2) is 4.80. The van der Waals surface area contributed by atoms with Crippen LogP contribution in [0.2, 0.25) is 5.02 Å². The first kappa shape index (κ1) is 10.8. The molecule has 3 heteroatoms. The van der Waals surface area contributed by atoms with Crippen LogP contribution in [0.25, 0.3) is 5.57 Å². The quantitative estimate of drug-likeness (QED) is 0.885. The van der Waals surface area contributed by atoms with E-state index < -0.39 is 0 Å². The van der Waals surface area contributed by atoms with Gasteiger partial charge in [0.05, 0.1) is 5.02 Å². The molecule has 70 valence electrons. The highest BCUT2D eigenvalue weighted by atomic mass is 79.9. The summed E-state index contributed by atoms with van der Waals surface area (Å²) in [6.07, 6.45) is 0.814. The summed E-state index contributed by atoms with van der Waals surface area (Å²) >= 11 is 9.22. The zero-order chi connectivity index (χ0) is 9.84. The molecule has 0 aromatic heterocycles. The molecule has 0 bridgehead atoms. The molecule has 0 atom stereocenters. The highest BCUT2D eigenvalue weighted by Crippen LogP contribution is 2.26. The van der Waals surface area contributed by atoms with Gasteiger partial charge >= 0.3 is 0 Å². The van der Waals surface area contributed by atoms with Gasteiger partial charge < -0.3 is 5.73 Å². The van der Waals surface area contributed by atoms with Crippen LogP contribution in [0.5, 0.6) is 0 Å². The predicted octanol–water partition coefficient (Wildman–Crippen LogP) is 3.46. The van der Waals surface area contributed by atoms with E-state index in [1.165, 1.54) is 0 Å². The third-order valence-corrected chi connectivity index (χ3v) is 2.99. The lowest BCUT2D eigenvalue weighted by Crippen LogP contribution is -1.99. The molecule has 0 aliphatic heterocycles. The number of halogens is 2. The summed E-state index contributed by atoms with van der Waals surface area (Å²) in [7, 11) is 0. The van der Waals surface area contributed by atoms with E-state index >= 15 is 0 Å². The lowest BCUT2D eigenvalue weighted by molar-refractivity contribution is 1.02. The topological polar surface area (TPSA) is 26.0 Å². The smallest absolute Gasteiger partial charge is 0.0548 e. The van der Waals surface area contributed by atoms with Crippen LogP contribution >= 0.6 is 27.5 Å². The third kappa shape index (κ3) is 2.83. The molecule has 13 heavy (non-hydrogen) atoms. The van der Waals surface area contributed by atoms with Crippen LogP contribution in [0.4, 0.5) is 0 Å². The molecule has 0 spiro atoms. The monoisotopic (exact) mass is 259 g/mol. The maximum absolute atomic E-state index is 5.86. The van der Waals surface area contributed by atoms with Gasteiger partial charge in [0.15, 0.2) is 0 Å². The van der Waals surface area contributed by atoms with Crippen LogP contribution in [-0.2, 0) is 0 Å². The first-order valence-electron chi connectivity index (χ1n) is 3.98. The van der Waals surface area contributed by atoms with Gasteiger partial charge in [-0.2, -0.15) is 0 Å². The predicted molar refractivity (Wildman–Crippen MR) is 61.9 cm³/mol. The molecule has 1 nitrogen and oxygen atoms in total. The highest BCUT2D eigenvalue weighted by molar-refractivity contribution is 9.10. The van der Waals surface area contributed by atoms with Crippen molar-refractivity contribution in [3.05, 3.63) is 39.8 Å². The lowest BCUT2D eigenvalue weighted by Gasteiger charge is -2.05. The molecule has 0 saturated heterocycles. The van der Waals surface area contributed by atoms with Gasteiger partial charge in [-0.3, -0.25) is 0 Å². The molecule has 0 amide bonds.